The van der Waals surface area contributed by atoms with E-state index in [2.05, 4.69) is 27.9 Å². The number of barbiturate groups is 1. The maximum absolute atomic E-state index is 13.2. The summed E-state index contributed by atoms with van der Waals surface area (Å²) in [6.07, 6.45) is 5.87. The lowest BCUT2D eigenvalue weighted by Gasteiger charge is -2.35. The SMILES string of the molecule is CCOc1cc(C=C2C(=O)NC(=O)N(C3CCCCC3)C2=O)cc(I)c1OCc1cccc(C(=O)O)c1. The first-order valence-electron chi connectivity index (χ1n) is 12.1. The molecule has 2 N–H and O–H groups in total. The van der Waals surface area contributed by atoms with Crippen LogP contribution in [-0.2, 0) is 16.2 Å². The summed E-state index contributed by atoms with van der Waals surface area (Å²) >= 11 is 2.08. The summed E-state index contributed by atoms with van der Waals surface area (Å²) in [7, 11) is 0. The van der Waals surface area contributed by atoms with Crippen molar-refractivity contribution in [2.24, 2.45) is 0 Å². The van der Waals surface area contributed by atoms with Crippen molar-refractivity contribution in [3.8, 4) is 11.5 Å². The Labute approximate surface area is 228 Å². The number of nitrogens with one attached hydrogen (secondary N) is 1. The quantitative estimate of drug-likeness (QED) is 0.249. The van der Waals surface area contributed by atoms with Gasteiger partial charge in [0.15, 0.2) is 11.5 Å². The smallest absolute Gasteiger partial charge is 0.335 e. The maximum Gasteiger partial charge on any atom is 0.335 e. The molecule has 0 radical (unpaired) electrons. The number of hydrogen-bond acceptors (Lipinski definition) is 6. The number of imide groups is 2. The number of benzene rings is 2. The number of halogens is 1. The van der Waals surface area contributed by atoms with E-state index in [9.17, 15) is 24.3 Å². The van der Waals surface area contributed by atoms with Crippen molar-refractivity contribution in [3.63, 3.8) is 0 Å². The van der Waals surface area contributed by atoms with E-state index < -0.39 is 23.8 Å². The van der Waals surface area contributed by atoms with E-state index in [4.69, 9.17) is 9.47 Å². The molecule has 0 spiro atoms. The van der Waals surface area contributed by atoms with Gasteiger partial charge in [-0.2, -0.15) is 0 Å². The van der Waals surface area contributed by atoms with Crippen molar-refractivity contribution in [2.45, 2.75) is 51.7 Å². The van der Waals surface area contributed by atoms with Gasteiger partial charge < -0.3 is 14.6 Å². The summed E-state index contributed by atoms with van der Waals surface area (Å²) in [6, 6.07) is 9.01. The normalized spacial score (nSPS) is 17.6. The lowest BCUT2D eigenvalue weighted by Crippen LogP contribution is -2.58. The second-order valence-electron chi connectivity index (χ2n) is 8.84. The van der Waals surface area contributed by atoms with Crippen LogP contribution in [0.5, 0.6) is 11.5 Å². The van der Waals surface area contributed by atoms with Gasteiger partial charge in [-0.25, -0.2) is 9.59 Å². The Morgan fingerprint density at radius 2 is 1.89 bits per heavy atom. The van der Waals surface area contributed by atoms with Crippen molar-refractivity contribution in [1.82, 2.24) is 10.2 Å². The predicted molar refractivity (Wildman–Crippen MR) is 143 cm³/mol. The van der Waals surface area contributed by atoms with Crippen LogP contribution in [0.2, 0.25) is 0 Å². The summed E-state index contributed by atoms with van der Waals surface area (Å²) in [5.41, 5.74) is 1.28. The largest absolute Gasteiger partial charge is 0.490 e. The fourth-order valence-corrected chi connectivity index (χ4v) is 5.31. The molecule has 0 bridgehead atoms. The summed E-state index contributed by atoms with van der Waals surface area (Å²) in [4.78, 5) is 50.7. The number of ether oxygens (including phenoxy) is 2. The third-order valence-electron chi connectivity index (χ3n) is 6.27. The van der Waals surface area contributed by atoms with Gasteiger partial charge >= 0.3 is 12.0 Å². The molecule has 2 fully saturated rings. The minimum Gasteiger partial charge on any atom is -0.490 e. The summed E-state index contributed by atoms with van der Waals surface area (Å²) in [5.74, 6) is -1.46. The van der Waals surface area contributed by atoms with E-state index in [0.29, 0.717) is 32.8 Å². The number of hydrogen-bond donors (Lipinski definition) is 2. The number of rotatable bonds is 8. The molecule has 1 saturated carbocycles. The Kier molecular flexibility index (Phi) is 8.47. The second-order valence-corrected chi connectivity index (χ2v) is 10.0. The average Bonchev–Trinajstić information content (AvgIpc) is 2.87. The highest BCUT2D eigenvalue weighted by molar-refractivity contribution is 14.1. The molecule has 37 heavy (non-hydrogen) atoms. The van der Waals surface area contributed by atoms with Crippen LogP contribution in [0.3, 0.4) is 0 Å². The van der Waals surface area contributed by atoms with Crippen LogP contribution >= 0.6 is 22.6 Å². The third kappa shape index (κ3) is 6.12. The molecule has 1 heterocycles. The van der Waals surface area contributed by atoms with E-state index in [1.165, 1.54) is 17.0 Å². The molecule has 4 rings (SSSR count). The molecule has 10 heteroatoms. The van der Waals surface area contributed by atoms with Crippen LogP contribution < -0.4 is 14.8 Å². The number of carboxylic acids is 1. The maximum atomic E-state index is 13.2. The second kappa shape index (κ2) is 11.8. The number of urea groups is 1. The van der Waals surface area contributed by atoms with Crippen LogP contribution in [0, 0.1) is 3.57 Å². The highest BCUT2D eigenvalue weighted by Crippen LogP contribution is 2.36. The number of amides is 4. The number of aromatic carboxylic acids is 1. The minimum absolute atomic E-state index is 0.109. The van der Waals surface area contributed by atoms with Crippen molar-refractivity contribution in [2.75, 3.05) is 6.61 Å². The molecule has 0 aromatic heterocycles. The Bertz CT molecular complexity index is 1270. The molecule has 0 unspecified atom stereocenters. The fourth-order valence-electron chi connectivity index (χ4n) is 4.53. The van der Waals surface area contributed by atoms with Crippen LogP contribution in [0.1, 0.15) is 60.5 Å². The Morgan fingerprint density at radius 3 is 2.59 bits per heavy atom. The molecule has 2 aromatic carbocycles. The van der Waals surface area contributed by atoms with Gasteiger partial charge in [-0.3, -0.25) is 19.8 Å². The van der Waals surface area contributed by atoms with Crippen LogP contribution in [0.15, 0.2) is 42.0 Å². The van der Waals surface area contributed by atoms with E-state index in [-0.39, 0.29) is 23.8 Å². The van der Waals surface area contributed by atoms with Crippen molar-refractivity contribution in [1.29, 1.82) is 0 Å². The standard InChI is InChI=1S/C27H27IN2O7/c1-2-36-22-14-17(13-21(28)23(22)37-15-16-7-6-8-18(11-16)26(33)34)12-20-24(31)29-27(35)30(25(20)32)19-9-4-3-5-10-19/h6-8,11-14,19H,2-5,9-10,15H2,1H3,(H,33,34)(H,29,31,35). The van der Waals surface area contributed by atoms with Gasteiger partial charge in [-0.05, 0) is 83.8 Å². The van der Waals surface area contributed by atoms with Gasteiger partial charge in [0.25, 0.3) is 11.8 Å². The zero-order valence-electron chi connectivity index (χ0n) is 20.3. The van der Waals surface area contributed by atoms with Gasteiger partial charge in [0.2, 0.25) is 0 Å². The van der Waals surface area contributed by atoms with E-state index in [1.54, 1.807) is 30.3 Å². The van der Waals surface area contributed by atoms with Crippen LogP contribution in [0.4, 0.5) is 4.79 Å². The lowest BCUT2D eigenvalue weighted by molar-refractivity contribution is -0.132. The Balaban J connectivity index is 1.61. The van der Waals surface area contributed by atoms with Crippen molar-refractivity contribution < 1.29 is 33.8 Å². The van der Waals surface area contributed by atoms with Crippen molar-refractivity contribution >= 4 is 52.5 Å². The third-order valence-corrected chi connectivity index (χ3v) is 7.07. The monoisotopic (exact) mass is 618 g/mol. The molecular weight excluding hydrogens is 591 g/mol. The van der Waals surface area contributed by atoms with E-state index >= 15 is 0 Å². The predicted octanol–water partition coefficient (Wildman–Crippen LogP) is 4.76. The minimum atomic E-state index is -1.02. The van der Waals surface area contributed by atoms with E-state index in [0.717, 1.165) is 32.1 Å². The first-order chi connectivity index (χ1) is 17.8. The topological polar surface area (TPSA) is 122 Å². The van der Waals surface area contributed by atoms with Crippen LogP contribution in [-0.4, -0.2) is 46.5 Å². The molecule has 2 aliphatic rings. The molecule has 1 aliphatic heterocycles. The zero-order chi connectivity index (χ0) is 26.5. The van der Waals surface area contributed by atoms with Gasteiger partial charge in [-0.15, -0.1) is 0 Å². The Morgan fingerprint density at radius 1 is 1.14 bits per heavy atom. The zero-order valence-corrected chi connectivity index (χ0v) is 22.4. The number of carbonyl (C=O) groups excluding carboxylic acids is 3. The highest BCUT2D eigenvalue weighted by Gasteiger charge is 2.40. The average molecular weight is 618 g/mol. The van der Waals surface area contributed by atoms with E-state index in [1.807, 2.05) is 6.92 Å². The summed E-state index contributed by atoms with van der Waals surface area (Å²) in [6.45, 7) is 2.30. The highest BCUT2D eigenvalue weighted by atomic mass is 127. The van der Waals surface area contributed by atoms with Gasteiger partial charge in [0.05, 0.1) is 15.7 Å². The van der Waals surface area contributed by atoms with Gasteiger partial charge in [0, 0.05) is 6.04 Å². The first kappa shape index (κ1) is 26.6. The van der Waals surface area contributed by atoms with Gasteiger partial charge in [-0.1, -0.05) is 31.4 Å². The van der Waals surface area contributed by atoms with Gasteiger partial charge in [0.1, 0.15) is 12.2 Å². The van der Waals surface area contributed by atoms with Crippen molar-refractivity contribution in [3.05, 3.63) is 62.2 Å². The molecule has 9 nitrogen and oxygen atoms in total. The molecule has 1 aliphatic carbocycles. The lowest BCUT2D eigenvalue weighted by atomic mass is 9.93. The molecule has 194 valence electrons. The number of nitrogens with zero attached hydrogens (tertiary/aromatic N) is 1. The first-order valence-corrected chi connectivity index (χ1v) is 13.2. The molecule has 2 aromatic rings. The summed E-state index contributed by atoms with van der Waals surface area (Å²) < 4.78 is 12.5. The van der Waals surface area contributed by atoms with Crippen LogP contribution in [0.25, 0.3) is 6.08 Å². The number of carboxylic acid groups (broad SMARTS) is 1. The molecule has 4 amide bonds. The number of carbonyl (C=O) groups is 4. The molecule has 0 atom stereocenters. The molecular formula is C27H27IN2O7. The molecule has 1 saturated heterocycles. The summed E-state index contributed by atoms with van der Waals surface area (Å²) in [5, 5.41) is 11.5. The Hall–Kier alpha value is -3.41. The fraction of sp³-hybridized carbons (Fsp3) is 0.333.